The topological polar surface area (TPSA) is 455 Å². The summed E-state index contributed by atoms with van der Waals surface area (Å²) in [5.41, 5.74) is -0.531. The predicted octanol–water partition coefficient (Wildman–Crippen LogP) is -6.50. The Balaban J connectivity index is 0.800. The summed E-state index contributed by atoms with van der Waals surface area (Å²) in [7, 11) is 0. The summed E-state index contributed by atoms with van der Waals surface area (Å²) in [6.07, 6.45) is -42.9. The highest BCUT2D eigenvalue weighted by Gasteiger charge is 2.71. The Morgan fingerprint density at radius 2 is 1.00 bits per heavy atom. The van der Waals surface area contributed by atoms with Crippen molar-refractivity contribution in [2.75, 3.05) is 39.6 Å². The summed E-state index contributed by atoms with van der Waals surface area (Å²) < 4.78 is 72.8. The highest BCUT2D eigenvalue weighted by atomic mass is 16.8. The molecule has 0 amide bonds. The van der Waals surface area contributed by atoms with E-state index in [1.54, 1.807) is 0 Å². The maximum absolute atomic E-state index is 12.2. The molecule has 0 aromatic heterocycles. The van der Waals surface area contributed by atoms with Crippen molar-refractivity contribution in [1.29, 1.82) is 0 Å². The lowest BCUT2D eigenvalue weighted by atomic mass is 9.43. The molecule has 11 rings (SSSR count). The molecule has 38 atom stereocenters. The van der Waals surface area contributed by atoms with Gasteiger partial charge in [-0.15, -0.1) is 0 Å². The van der Waals surface area contributed by atoms with Gasteiger partial charge >= 0.3 is 0 Å². The van der Waals surface area contributed by atoms with Crippen LogP contribution in [0.3, 0.4) is 0 Å². The Bertz CT molecular complexity index is 2220. The van der Waals surface area contributed by atoms with Gasteiger partial charge in [0.05, 0.1) is 64.1 Å². The standard InChI is InChI=1S/C56H92O29/c1-19-5-8-56(75-17-19)20(2)34-29(85-56)10-23-21-9-25(61)24-11-28(26(62)12-55(24,4)22(21)6-7-54(23,34)3)76-50-43(72)40(69)45(33(16-60)80-50)81-53-48(47(38(67)32(15-59)79-53)83-49-41(70)35(64)27(63)18-74-49)84-52-44(73)46(37(66)31(14-58)78-52)82-51-42(71)39(68)36(65)30(13-57)77-51/h19-53,57-73H,5-18H2,1-4H3/t19-,20+,21-,22+,23+,24-,25-,26-,27-,28-,29+,30-,31-,32-,33-,34+,35+,36-,37-,38-,39+,40-,41-,42-,43-,44-,45+,46+,47+,48-,49+,50-,51+,52+,53+,54+,55-,56-/m1/s1. The lowest BCUT2D eigenvalue weighted by Gasteiger charge is -2.63. The summed E-state index contributed by atoms with van der Waals surface area (Å²) in [6.45, 7) is 5.31. The molecule has 29 nitrogen and oxygen atoms in total. The molecule has 0 aromatic carbocycles. The highest BCUT2D eigenvalue weighted by molar-refractivity contribution is 5.17. The van der Waals surface area contributed by atoms with Crippen molar-refractivity contribution < 1.29 is 144 Å². The van der Waals surface area contributed by atoms with Gasteiger partial charge < -0.3 is 144 Å². The third-order valence-corrected chi connectivity index (χ3v) is 22.2. The van der Waals surface area contributed by atoms with Crippen LogP contribution in [0.15, 0.2) is 0 Å². The van der Waals surface area contributed by atoms with Gasteiger partial charge in [-0.3, -0.25) is 0 Å². The van der Waals surface area contributed by atoms with E-state index in [-0.39, 0.29) is 48.0 Å². The van der Waals surface area contributed by atoms with E-state index >= 15 is 0 Å². The van der Waals surface area contributed by atoms with Crippen LogP contribution in [-0.2, 0) is 56.8 Å². The number of fused-ring (bicyclic) bond motifs is 7. The van der Waals surface area contributed by atoms with E-state index in [1.165, 1.54) is 0 Å². The van der Waals surface area contributed by atoms with Crippen LogP contribution in [0.1, 0.15) is 79.1 Å². The first-order chi connectivity index (χ1) is 40.3. The maximum atomic E-state index is 12.2. The van der Waals surface area contributed by atoms with Crippen LogP contribution in [0.5, 0.6) is 0 Å². The monoisotopic (exact) mass is 1230 g/mol. The first-order valence-electron chi connectivity index (χ1n) is 30.4. The molecular formula is C56H92O29. The van der Waals surface area contributed by atoms with Crippen LogP contribution in [0.25, 0.3) is 0 Å². The molecular weight excluding hydrogens is 1140 g/mol. The quantitative estimate of drug-likeness (QED) is 0.0719. The van der Waals surface area contributed by atoms with E-state index in [0.717, 1.165) is 32.1 Å². The predicted molar refractivity (Wildman–Crippen MR) is 278 cm³/mol. The van der Waals surface area contributed by atoms with E-state index in [0.29, 0.717) is 30.8 Å². The summed E-state index contributed by atoms with van der Waals surface area (Å²) >= 11 is 0. The number of aliphatic hydroxyl groups is 17. The smallest absolute Gasteiger partial charge is 0.187 e. The van der Waals surface area contributed by atoms with E-state index < -0.39 is 210 Å². The molecule has 7 aliphatic heterocycles. The van der Waals surface area contributed by atoms with Gasteiger partial charge in [0.2, 0.25) is 0 Å². The lowest BCUT2D eigenvalue weighted by Crippen LogP contribution is -2.69. The first kappa shape index (κ1) is 65.3. The normalized spacial score (nSPS) is 58.1. The highest BCUT2D eigenvalue weighted by Crippen LogP contribution is 2.71. The molecule has 17 N–H and O–H groups in total. The van der Waals surface area contributed by atoms with Crippen molar-refractivity contribution >= 4 is 0 Å². The SMILES string of the molecule is C[C@@H]1CC[C@@]2(OC1)O[C@H]1C[C@H]3[C@@H]4C[C@@H](O)[C@H]5C[C@@H](O[C@@H]6O[C@H](CO)[C@H](O[C@@H]7O[C@H](CO)[C@@H](O)[C@H](O[C@@H]8OC[C@@H](O)[C@H](O)[C@H]8O)[C@H]7O[C@@H]7O[C@H](CO)[C@@H](O)[C@H](O[C@@H]8O[C@H](CO)[C@@H](O)[C@H](O)[C@H]8O)[C@H]7O)[C@H](O)[C@H]6O)[C@H](O)C[C@]5(C)[C@H]4CC[C@]3(C)[C@H]1[C@@H]2C. The number of hydrogen-bond acceptors (Lipinski definition) is 29. The minimum absolute atomic E-state index is 0.0247. The molecule has 0 unspecified atom stereocenters. The fraction of sp³-hybridized carbons (Fsp3) is 1.00. The van der Waals surface area contributed by atoms with Gasteiger partial charge in [-0.2, -0.15) is 0 Å². The lowest BCUT2D eigenvalue weighted by molar-refractivity contribution is -0.410. The number of aliphatic hydroxyl groups excluding tert-OH is 17. The van der Waals surface area contributed by atoms with E-state index in [1.807, 2.05) is 0 Å². The van der Waals surface area contributed by atoms with Crippen molar-refractivity contribution in [2.24, 2.45) is 52.3 Å². The Morgan fingerprint density at radius 1 is 0.435 bits per heavy atom. The maximum Gasteiger partial charge on any atom is 0.187 e. The third-order valence-electron chi connectivity index (χ3n) is 22.2. The molecule has 11 aliphatic rings. The van der Waals surface area contributed by atoms with Gasteiger partial charge in [0, 0.05) is 12.3 Å². The molecule has 0 radical (unpaired) electrons. The second kappa shape index (κ2) is 25.4. The average Bonchev–Trinajstić information content (AvgIpc) is 1.69. The van der Waals surface area contributed by atoms with Crippen molar-refractivity contribution in [2.45, 2.75) is 257 Å². The minimum Gasteiger partial charge on any atom is -0.394 e. The van der Waals surface area contributed by atoms with Crippen molar-refractivity contribution in [3.05, 3.63) is 0 Å². The fourth-order valence-corrected chi connectivity index (χ4v) is 17.5. The summed E-state index contributed by atoms with van der Waals surface area (Å²) in [5.74, 6) is 0.754. The number of rotatable bonds is 14. The summed E-state index contributed by atoms with van der Waals surface area (Å²) in [6, 6.07) is 0. The molecule has 0 bridgehead atoms. The summed E-state index contributed by atoms with van der Waals surface area (Å²) in [4.78, 5) is 0. The van der Waals surface area contributed by atoms with Gasteiger partial charge in [0.25, 0.3) is 0 Å². The van der Waals surface area contributed by atoms with Crippen LogP contribution in [-0.4, -0.2) is 304 Å². The van der Waals surface area contributed by atoms with E-state index in [2.05, 4.69) is 27.7 Å². The second-order valence-electron chi connectivity index (χ2n) is 27.0. The van der Waals surface area contributed by atoms with E-state index in [9.17, 15) is 86.8 Å². The second-order valence-corrected chi connectivity index (χ2v) is 27.0. The fourth-order valence-electron chi connectivity index (χ4n) is 17.5. The van der Waals surface area contributed by atoms with Crippen LogP contribution < -0.4 is 0 Å². The zero-order valence-corrected chi connectivity index (χ0v) is 48.1. The molecule has 85 heavy (non-hydrogen) atoms. The Hall–Kier alpha value is -1.16. The van der Waals surface area contributed by atoms with Crippen molar-refractivity contribution in [1.82, 2.24) is 0 Å². The summed E-state index contributed by atoms with van der Waals surface area (Å²) in [5, 5.41) is 188. The molecule has 7 heterocycles. The van der Waals surface area contributed by atoms with Crippen LogP contribution in [0.4, 0.5) is 0 Å². The number of hydrogen-bond donors (Lipinski definition) is 17. The minimum atomic E-state index is -2.22. The Kier molecular flexibility index (Phi) is 19.5. The molecule has 11 fully saturated rings. The zero-order chi connectivity index (χ0) is 61.1. The van der Waals surface area contributed by atoms with Gasteiger partial charge in [-0.1, -0.05) is 27.7 Å². The zero-order valence-electron chi connectivity index (χ0n) is 48.1. The van der Waals surface area contributed by atoms with Crippen molar-refractivity contribution in [3.8, 4) is 0 Å². The molecule has 29 heteroatoms. The Labute approximate surface area is 491 Å². The van der Waals surface area contributed by atoms with Gasteiger partial charge in [0.1, 0.15) is 116 Å². The molecule has 1 spiro atoms. The Morgan fingerprint density at radius 3 is 1.66 bits per heavy atom. The van der Waals surface area contributed by atoms with Crippen LogP contribution in [0.2, 0.25) is 0 Å². The van der Waals surface area contributed by atoms with E-state index in [4.69, 9.17) is 56.8 Å². The first-order valence-corrected chi connectivity index (χ1v) is 30.4. The van der Waals surface area contributed by atoms with Crippen molar-refractivity contribution in [3.63, 3.8) is 0 Å². The molecule has 490 valence electrons. The van der Waals surface area contributed by atoms with Gasteiger partial charge in [-0.25, -0.2) is 0 Å². The third kappa shape index (κ3) is 11.4. The molecule has 0 aromatic rings. The average molecular weight is 1230 g/mol. The molecule has 4 saturated carbocycles. The van der Waals surface area contributed by atoms with Gasteiger partial charge in [-0.05, 0) is 91.3 Å². The largest absolute Gasteiger partial charge is 0.394 e. The molecule has 4 aliphatic carbocycles. The van der Waals surface area contributed by atoms with Crippen LogP contribution >= 0.6 is 0 Å². The molecule has 7 saturated heterocycles. The number of ether oxygens (including phenoxy) is 12. The van der Waals surface area contributed by atoms with Crippen LogP contribution in [0, 0.1) is 52.3 Å². The van der Waals surface area contributed by atoms with Gasteiger partial charge in [0.15, 0.2) is 37.2 Å².